The monoisotopic (exact) mass is 329 g/mol. The minimum atomic E-state index is -3.90. The third kappa shape index (κ3) is 3.22. The molecule has 1 aromatic carbocycles. The summed E-state index contributed by atoms with van der Waals surface area (Å²) in [5.41, 5.74) is 1.27. The molecule has 7 nitrogen and oxygen atoms in total. The average Bonchev–Trinajstić information content (AvgIpc) is 2.73. The first-order valence-electron chi connectivity index (χ1n) is 5.91. The molecule has 0 fully saturated rings. The van der Waals surface area contributed by atoms with Gasteiger partial charge in [-0.15, -0.1) is 0 Å². The van der Waals surface area contributed by atoms with Gasteiger partial charge in [-0.05, 0) is 19.4 Å². The van der Waals surface area contributed by atoms with Crippen molar-refractivity contribution in [1.82, 2.24) is 9.55 Å². The van der Waals surface area contributed by atoms with E-state index in [4.69, 9.17) is 10.7 Å². The first-order valence-corrected chi connectivity index (χ1v) is 8.22. The van der Waals surface area contributed by atoms with Gasteiger partial charge in [0.05, 0.1) is 4.92 Å². The molecule has 0 bridgehead atoms. The molecule has 2 aromatic rings. The summed E-state index contributed by atoms with van der Waals surface area (Å²) in [6.45, 7) is 3.57. The second-order valence-electron chi connectivity index (χ2n) is 4.51. The number of benzene rings is 1. The molecule has 1 aromatic heterocycles. The van der Waals surface area contributed by atoms with Gasteiger partial charge in [-0.2, -0.15) is 0 Å². The summed E-state index contributed by atoms with van der Waals surface area (Å²) in [5.74, 6) is 0.458. The number of imidazole rings is 1. The SMILES string of the molecule is Cc1c(Cn2cc(S(=O)(=O)Cl)nc2C)cccc1[N+](=O)[O-]. The number of nitro groups is 1. The van der Waals surface area contributed by atoms with Crippen molar-refractivity contribution in [2.45, 2.75) is 25.4 Å². The molecule has 21 heavy (non-hydrogen) atoms. The van der Waals surface area contributed by atoms with Gasteiger partial charge in [0.25, 0.3) is 14.7 Å². The second kappa shape index (κ2) is 5.45. The van der Waals surface area contributed by atoms with E-state index in [9.17, 15) is 18.5 Å². The van der Waals surface area contributed by atoms with Gasteiger partial charge in [0.15, 0.2) is 5.03 Å². The molecular formula is C12H12ClN3O4S. The van der Waals surface area contributed by atoms with E-state index in [1.807, 2.05) is 0 Å². The molecule has 1 heterocycles. The van der Waals surface area contributed by atoms with Crippen LogP contribution in [0.3, 0.4) is 0 Å². The Morgan fingerprint density at radius 3 is 2.57 bits per heavy atom. The van der Waals surface area contributed by atoms with Crippen molar-refractivity contribution in [3.8, 4) is 0 Å². The molecule has 0 atom stereocenters. The minimum absolute atomic E-state index is 0.0236. The smallest absolute Gasteiger partial charge is 0.280 e. The molecule has 0 aliphatic carbocycles. The number of nitro benzene ring substituents is 1. The highest BCUT2D eigenvalue weighted by atomic mass is 35.7. The van der Waals surface area contributed by atoms with Gasteiger partial charge < -0.3 is 4.57 Å². The molecule has 0 aliphatic rings. The molecule has 0 saturated carbocycles. The second-order valence-corrected chi connectivity index (χ2v) is 7.02. The van der Waals surface area contributed by atoms with Gasteiger partial charge in [0.1, 0.15) is 5.82 Å². The van der Waals surface area contributed by atoms with Gasteiger partial charge in [0.2, 0.25) is 0 Å². The van der Waals surface area contributed by atoms with Crippen molar-refractivity contribution in [1.29, 1.82) is 0 Å². The van der Waals surface area contributed by atoms with Crippen LogP contribution >= 0.6 is 10.7 Å². The van der Waals surface area contributed by atoms with Gasteiger partial charge in [-0.25, -0.2) is 13.4 Å². The molecule has 9 heteroatoms. The first kappa shape index (κ1) is 15.5. The number of rotatable bonds is 4. The molecule has 112 valence electrons. The number of hydrogen-bond donors (Lipinski definition) is 0. The van der Waals surface area contributed by atoms with Crippen molar-refractivity contribution in [3.63, 3.8) is 0 Å². The lowest BCUT2D eigenvalue weighted by Gasteiger charge is -2.08. The number of halogens is 1. The molecule has 0 unspecified atom stereocenters. The van der Waals surface area contributed by atoms with Crippen LogP contribution in [-0.2, 0) is 15.6 Å². The summed E-state index contributed by atoms with van der Waals surface area (Å²) in [5, 5.41) is 10.7. The van der Waals surface area contributed by atoms with Gasteiger partial charge in [0, 0.05) is 35.1 Å². The van der Waals surface area contributed by atoms with Gasteiger partial charge >= 0.3 is 0 Å². The Morgan fingerprint density at radius 1 is 1.38 bits per heavy atom. The van der Waals surface area contributed by atoms with Crippen LogP contribution in [0.5, 0.6) is 0 Å². The number of aromatic nitrogens is 2. The van der Waals surface area contributed by atoms with Crippen LogP contribution < -0.4 is 0 Å². The molecule has 0 amide bonds. The maximum atomic E-state index is 11.3. The van der Waals surface area contributed by atoms with Crippen molar-refractivity contribution in [3.05, 3.63) is 51.5 Å². The standard InChI is InChI=1S/C12H12ClN3O4S/c1-8-10(4-3-5-11(8)16(17)18)6-15-7-12(14-9(15)2)21(13,19)20/h3-5,7H,6H2,1-2H3. The van der Waals surface area contributed by atoms with Crippen molar-refractivity contribution in [2.75, 3.05) is 0 Å². The van der Waals surface area contributed by atoms with Gasteiger partial charge in [-0.3, -0.25) is 10.1 Å². The van der Waals surface area contributed by atoms with Crippen molar-refractivity contribution >= 4 is 25.4 Å². The molecule has 0 radical (unpaired) electrons. The van der Waals surface area contributed by atoms with E-state index < -0.39 is 14.0 Å². The number of aryl methyl sites for hydroxylation is 1. The topological polar surface area (TPSA) is 95.1 Å². The Labute approximate surface area is 125 Å². The largest absolute Gasteiger partial charge is 0.329 e. The summed E-state index contributed by atoms with van der Waals surface area (Å²) < 4.78 is 24.1. The van der Waals surface area contributed by atoms with Crippen molar-refractivity contribution < 1.29 is 13.3 Å². The fourth-order valence-corrected chi connectivity index (χ4v) is 2.70. The molecule has 0 saturated heterocycles. The lowest BCUT2D eigenvalue weighted by molar-refractivity contribution is -0.385. The Balaban J connectivity index is 2.42. The highest BCUT2D eigenvalue weighted by Gasteiger charge is 2.18. The van der Waals surface area contributed by atoms with E-state index in [0.29, 0.717) is 17.0 Å². The van der Waals surface area contributed by atoms with Crippen LogP contribution in [0.15, 0.2) is 29.4 Å². The lowest BCUT2D eigenvalue weighted by atomic mass is 10.1. The highest BCUT2D eigenvalue weighted by molar-refractivity contribution is 8.13. The zero-order valence-electron chi connectivity index (χ0n) is 11.3. The van der Waals surface area contributed by atoms with E-state index in [-0.39, 0.29) is 17.3 Å². The van der Waals surface area contributed by atoms with E-state index in [0.717, 1.165) is 0 Å². The maximum absolute atomic E-state index is 11.3. The quantitative estimate of drug-likeness (QED) is 0.487. The normalized spacial score (nSPS) is 11.6. The first-order chi connectivity index (χ1) is 9.70. The Morgan fingerprint density at radius 2 is 2.05 bits per heavy atom. The summed E-state index contributed by atoms with van der Waals surface area (Å²) in [6, 6.07) is 4.76. The van der Waals surface area contributed by atoms with Crippen LogP contribution in [0.2, 0.25) is 0 Å². The van der Waals surface area contributed by atoms with Gasteiger partial charge in [-0.1, -0.05) is 12.1 Å². The molecule has 2 rings (SSSR count). The molecule has 0 N–H and O–H groups in total. The maximum Gasteiger partial charge on any atom is 0.280 e. The third-order valence-corrected chi connectivity index (χ3v) is 4.33. The predicted molar refractivity (Wildman–Crippen MR) is 76.9 cm³/mol. The van der Waals surface area contributed by atoms with Crippen LogP contribution in [0.1, 0.15) is 17.0 Å². The fraction of sp³-hybridized carbons (Fsp3) is 0.250. The Hall–Kier alpha value is -1.93. The lowest BCUT2D eigenvalue weighted by Crippen LogP contribution is -2.04. The average molecular weight is 330 g/mol. The highest BCUT2D eigenvalue weighted by Crippen LogP contribution is 2.23. The number of nitrogens with zero attached hydrogens (tertiary/aromatic N) is 3. The zero-order valence-corrected chi connectivity index (χ0v) is 12.8. The summed E-state index contributed by atoms with van der Waals surface area (Å²) in [4.78, 5) is 14.3. The summed E-state index contributed by atoms with van der Waals surface area (Å²) in [7, 11) is 1.36. The van der Waals surface area contributed by atoms with E-state index >= 15 is 0 Å². The van der Waals surface area contributed by atoms with E-state index in [2.05, 4.69) is 4.98 Å². The zero-order chi connectivity index (χ0) is 15.8. The molecule has 0 aliphatic heterocycles. The number of hydrogen-bond acceptors (Lipinski definition) is 5. The molecular weight excluding hydrogens is 318 g/mol. The van der Waals surface area contributed by atoms with E-state index in [1.54, 1.807) is 30.5 Å². The molecule has 0 spiro atoms. The third-order valence-electron chi connectivity index (χ3n) is 3.16. The minimum Gasteiger partial charge on any atom is -0.329 e. The van der Waals surface area contributed by atoms with E-state index in [1.165, 1.54) is 12.3 Å². The van der Waals surface area contributed by atoms with Crippen LogP contribution in [-0.4, -0.2) is 22.9 Å². The van der Waals surface area contributed by atoms with Crippen LogP contribution in [0, 0.1) is 24.0 Å². The fourth-order valence-electron chi connectivity index (χ4n) is 1.98. The Bertz CT molecular complexity index is 814. The summed E-state index contributed by atoms with van der Waals surface area (Å²) in [6.07, 6.45) is 1.32. The predicted octanol–water partition coefficient (Wildman–Crippen LogP) is 2.38. The van der Waals surface area contributed by atoms with Crippen LogP contribution in [0.4, 0.5) is 5.69 Å². The summed E-state index contributed by atoms with van der Waals surface area (Å²) >= 11 is 0. The van der Waals surface area contributed by atoms with Crippen molar-refractivity contribution in [2.24, 2.45) is 0 Å². The Kier molecular flexibility index (Phi) is 4.02. The van der Waals surface area contributed by atoms with Crippen LogP contribution in [0.25, 0.3) is 0 Å².